The molecular weight excluding hydrogens is 147 g/mol. The van der Waals surface area contributed by atoms with Gasteiger partial charge in [-0.3, -0.25) is 0 Å². The Balaban J connectivity index is 0. The topological polar surface area (TPSA) is 34.1 Å². The molecule has 0 saturated heterocycles. The zero-order valence-electron chi connectivity index (χ0n) is 2.69. The van der Waals surface area contributed by atoms with Crippen LogP contribution in [0.4, 0.5) is 0 Å². The van der Waals surface area contributed by atoms with E-state index in [0.29, 0.717) is 0 Å². The fraction of sp³-hybridized carbons (Fsp3) is 1.00. The third kappa shape index (κ3) is 318. The number of halogens is 2. The van der Waals surface area contributed by atoms with Gasteiger partial charge < -0.3 is 0 Å². The highest BCUT2D eigenvalue weighted by molar-refractivity contribution is 7.51. The smallest absolute Gasteiger partial charge is 0.168 e. The zero-order valence-corrected chi connectivity index (χ0v) is 5.02. The van der Waals surface area contributed by atoms with Crippen LogP contribution in [0.2, 0.25) is 0 Å². The Morgan fingerprint density at radius 1 is 1.33 bits per heavy atom. The van der Waals surface area contributed by atoms with E-state index in [2.05, 4.69) is 0 Å². The van der Waals surface area contributed by atoms with Crippen molar-refractivity contribution < 1.29 is 8.42 Å². The minimum atomic E-state index is -0.750. The van der Waals surface area contributed by atoms with E-state index in [4.69, 9.17) is 31.6 Å². The van der Waals surface area contributed by atoms with Crippen molar-refractivity contribution in [2.75, 3.05) is 5.34 Å². The number of alkyl halides is 2. The number of rotatable bonds is 0. The van der Waals surface area contributed by atoms with E-state index in [0.717, 1.165) is 0 Å². The van der Waals surface area contributed by atoms with Crippen molar-refractivity contribution >= 4 is 34.8 Å². The second-order valence-electron chi connectivity index (χ2n) is 0.169. The molecule has 38 valence electrons. The fourth-order valence-electron chi connectivity index (χ4n) is 0. The summed E-state index contributed by atoms with van der Waals surface area (Å²) in [4.78, 5) is 0. The van der Waals surface area contributed by atoms with Crippen LogP contribution >= 0.6 is 23.2 Å². The van der Waals surface area contributed by atoms with E-state index >= 15 is 0 Å². The first-order valence-corrected chi connectivity index (χ1v) is 2.60. The van der Waals surface area contributed by atoms with Crippen molar-refractivity contribution in [2.24, 2.45) is 0 Å². The van der Waals surface area contributed by atoms with E-state index in [9.17, 15) is 0 Å². The second kappa shape index (κ2) is 18.2. The molecule has 0 heterocycles. The quantitative estimate of drug-likeness (QED) is 0.476. The lowest BCUT2D eigenvalue weighted by Gasteiger charge is -1.42. The van der Waals surface area contributed by atoms with Gasteiger partial charge in [0.1, 0.15) is 0 Å². The molecule has 0 rings (SSSR count). The highest BCUT2D eigenvalue weighted by Gasteiger charge is 1.41. The van der Waals surface area contributed by atoms with Gasteiger partial charge in [-0.1, -0.05) is 0 Å². The first-order valence-electron chi connectivity index (χ1n) is 0.868. The summed E-state index contributed by atoms with van der Waals surface area (Å²) in [6.07, 6.45) is 0. The SMILES string of the molecule is ClCCl.O=S=O. The third-order valence-corrected chi connectivity index (χ3v) is 0. The zero-order chi connectivity index (χ0) is 5.41. The van der Waals surface area contributed by atoms with Gasteiger partial charge in [0.2, 0.25) is 0 Å². The molecule has 0 fully saturated rings. The van der Waals surface area contributed by atoms with Crippen LogP contribution in [0.25, 0.3) is 0 Å². The van der Waals surface area contributed by atoms with Crippen LogP contribution in [-0.4, -0.2) is 13.8 Å². The van der Waals surface area contributed by atoms with Gasteiger partial charge in [-0.2, -0.15) is 8.42 Å². The van der Waals surface area contributed by atoms with Gasteiger partial charge in [0, 0.05) is 0 Å². The Bertz CT molecular complexity index is 40.8. The molecule has 0 bridgehead atoms. The monoisotopic (exact) mass is 148 g/mol. The molecule has 0 aliphatic rings. The molecule has 0 aliphatic heterocycles. The van der Waals surface area contributed by atoms with Gasteiger partial charge in [0.15, 0.2) is 0 Å². The Morgan fingerprint density at radius 3 is 1.33 bits per heavy atom. The maximum absolute atomic E-state index is 8.29. The first kappa shape index (κ1) is 9.64. The average molecular weight is 149 g/mol. The summed E-state index contributed by atoms with van der Waals surface area (Å²) in [5.41, 5.74) is 0. The van der Waals surface area contributed by atoms with Gasteiger partial charge in [-0.15, -0.1) is 23.2 Å². The summed E-state index contributed by atoms with van der Waals surface area (Å²) in [7, 11) is 0. The molecule has 0 spiro atoms. The Kier molecular flexibility index (Phi) is 29.2. The van der Waals surface area contributed by atoms with Gasteiger partial charge >= 0.3 is 11.6 Å². The molecule has 0 atom stereocenters. The van der Waals surface area contributed by atoms with Gasteiger partial charge in [-0.25, -0.2) is 0 Å². The molecule has 0 unspecified atom stereocenters. The first-order chi connectivity index (χ1) is 2.83. The molecule has 0 aliphatic carbocycles. The summed E-state index contributed by atoms with van der Waals surface area (Å²) in [6, 6.07) is 0. The Morgan fingerprint density at radius 2 is 1.33 bits per heavy atom. The van der Waals surface area contributed by atoms with E-state index in [1.54, 1.807) is 0 Å². The van der Waals surface area contributed by atoms with E-state index < -0.39 is 11.6 Å². The molecule has 0 N–H and O–H groups in total. The minimum Gasteiger partial charge on any atom is -0.168 e. The molecule has 0 amide bonds. The van der Waals surface area contributed by atoms with E-state index in [1.165, 1.54) is 0 Å². The minimum absolute atomic E-state index is 0.194. The van der Waals surface area contributed by atoms with Crippen LogP contribution in [0, 0.1) is 0 Å². The van der Waals surface area contributed by atoms with Crippen molar-refractivity contribution in [3.05, 3.63) is 0 Å². The van der Waals surface area contributed by atoms with Crippen molar-refractivity contribution in [3.63, 3.8) is 0 Å². The highest BCUT2D eigenvalue weighted by Crippen LogP contribution is 1.73. The molecule has 0 aromatic rings. The lowest BCUT2D eigenvalue weighted by Crippen LogP contribution is -1.24. The van der Waals surface area contributed by atoms with Crippen LogP contribution in [0.5, 0.6) is 0 Å². The van der Waals surface area contributed by atoms with Crippen LogP contribution in [0.1, 0.15) is 0 Å². The highest BCUT2D eigenvalue weighted by atomic mass is 35.5. The Hall–Kier alpha value is 0.400. The van der Waals surface area contributed by atoms with Crippen LogP contribution in [-0.2, 0) is 11.6 Å². The molecule has 0 saturated carbocycles. The lowest BCUT2D eigenvalue weighted by molar-refractivity contribution is 0.630. The van der Waals surface area contributed by atoms with Crippen LogP contribution in [0.15, 0.2) is 0 Å². The van der Waals surface area contributed by atoms with Crippen molar-refractivity contribution in [1.82, 2.24) is 0 Å². The van der Waals surface area contributed by atoms with Crippen LogP contribution < -0.4 is 0 Å². The number of hydrogen-bond donors (Lipinski definition) is 0. The normalized spacial score (nSPS) is 5.00. The summed E-state index contributed by atoms with van der Waals surface area (Å²) in [5.74, 6) is 0. The largest absolute Gasteiger partial charge is 0.335 e. The lowest BCUT2D eigenvalue weighted by atomic mass is 11.9. The van der Waals surface area contributed by atoms with E-state index in [-0.39, 0.29) is 5.34 Å². The summed E-state index contributed by atoms with van der Waals surface area (Å²) >= 11 is 8.78. The maximum Gasteiger partial charge on any atom is 0.335 e. The van der Waals surface area contributed by atoms with Crippen molar-refractivity contribution in [3.8, 4) is 0 Å². The number of hydrogen-bond acceptors (Lipinski definition) is 2. The molecule has 0 radical (unpaired) electrons. The predicted octanol–water partition coefficient (Wildman–Crippen LogP) is 0.751. The Labute approximate surface area is 49.0 Å². The third-order valence-electron chi connectivity index (χ3n) is 0. The van der Waals surface area contributed by atoms with Gasteiger partial charge in [-0.05, 0) is 0 Å². The standard InChI is InChI=1S/CH2Cl2.O2S/c2-1-3;1-3-2/h1H2;. The van der Waals surface area contributed by atoms with Gasteiger partial charge in [0.25, 0.3) is 0 Å². The maximum atomic E-state index is 8.29. The van der Waals surface area contributed by atoms with E-state index in [1.807, 2.05) is 0 Å². The van der Waals surface area contributed by atoms with Crippen molar-refractivity contribution in [1.29, 1.82) is 0 Å². The summed E-state index contributed by atoms with van der Waals surface area (Å²) in [6.45, 7) is 0. The van der Waals surface area contributed by atoms with Crippen LogP contribution in [0.3, 0.4) is 0 Å². The molecular formula is CH2Cl2O2S. The average Bonchev–Trinajstić information content (AvgIpc) is 1.39. The molecule has 0 aromatic heterocycles. The summed E-state index contributed by atoms with van der Waals surface area (Å²) < 4.78 is 16.6. The summed E-state index contributed by atoms with van der Waals surface area (Å²) in [5, 5.41) is 0.194. The molecule has 5 heteroatoms. The molecule has 2 nitrogen and oxygen atoms in total. The van der Waals surface area contributed by atoms with Gasteiger partial charge in [0.05, 0.1) is 5.34 Å². The fourth-order valence-corrected chi connectivity index (χ4v) is 0. The van der Waals surface area contributed by atoms with Crippen molar-refractivity contribution in [2.45, 2.75) is 0 Å². The predicted molar refractivity (Wildman–Crippen MR) is 25.5 cm³/mol. The molecule has 6 heavy (non-hydrogen) atoms. The molecule has 0 aromatic carbocycles. The second-order valence-corrected chi connectivity index (χ2v) is 1.11.